The summed E-state index contributed by atoms with van der Waals surface area (Å²) in [5, 5.41) is -0.457. The average molecular weight is 279 g/mol. The molecule has 0 fully saturated rings. The first kappa shape index (κ1) is 11.5. The van der Waals surface area contributed by atoms with Gasteiger partial charge in [0.25, 0.3) is 0 Å². The lowest BCUT2D eigenvalue weighted by Gasteiger charge is -2.10. The van der Waals surface area contributed by atoms with Crippen LogP contribution in [0.3, 0.4) is 0 Å². The van der Waals surface area contributed by atoms with Crippen LogP contribution in [0.5, 0.6) is 0 Å². The smallest absolute Gasteiger partial charge is 0.235 e. The number of rotatable bonds is 3. The molecule has 0 aliphatic carbocycles. The third-order valence-corrected chi connectivity index (χ3v) is 3.78. The Kier molecular flexibility index (Phi) is 3.49. The highest BCUT2D eigenvalue weighted by molar-refractivity contribution is 9.10. The second-order valence-electron chi connectivity index (χ2n) is 3.09. The van der Waals surface area contributed by atoms with Gasteiger partial charge < -0.3 is 0 Å². The second-order valence-corrected chi connectivity index (χ2v) is 6.24. The van der Waals surface area contributed by atoms with Gasteiger partial charge in [0, 0.05) is 10.7 Å². The van der Waals surface area contributed by atoms with E-state index in [1.807, 2.05) is 0 Å². The van der Waals surface area contributed by atoms with Crippen LogP contribution in [0.25, 0.3) is 0 Å². The molecule has 1 N–H and O–H groups in total. The van der Waals surface area contributed by atoms with Gasteiger partial charge in [0.05, 0.1) is 17.1 Å². The molecule has 1 aromatic heterocycles. The molecule has 6 heteroatoms. The van der Waals surface area contributed by atoms with Gasteiger partial charge in [-0.05, 0) is 35.8 Å². The molecule has 0 unspecified atom stereocenters. The van der Waals surface area contributed by atoms with Crippen LogP contribution >= 0.6 is 15.9 Å². The molecule has 14 heavy (non-hydrogen) atoms. The normalized spacial score (nSPS) is 11.7. The van der Waals surface area contributed by atoms with Gasteiger partial charge >= 0.3 is 0 Å². The predicted molar refractivity (Wildman–Crippen MR) is 59.6 cm³/mol. The van der Waals surface area contributed by atoms with E-state index >= 15 is 0 Å². The van der Waals surface area contributed by atoms with Crippen LogP contribution in [-0.2, 0) is 10.0 Å². The van der Waals surface area contributed by atoms with E-state index in [9.17, 15) is 8.42 Å². The topological polar surface area (TPSA) is 59.1 Å². The van der Waals surface area contributed by atoms with E-state index in [0.717, 1.165) is 4.47 Å². The average Bonchev–Trinajstić information content (AvgIpc) is 2.02. The fourth-order valence-corrected chi connectivity index (χ4v) is 1.79. The van der Waals surface area contributed by atoms with Crippen LogP contribution in [0.2, 0.25) is 0 Å². The van der Waals surface area contributed by atoms with Gasteiger partial charge in [-0.3, -0.25) is 9.71 Å². The van der Waals surface area contributed by atoms with Crippen molar-refractivity contribution in [2.75, 3.05) is 4.72 Å². The first-order chi connectivity index (χ1) is 6.42. The molecule has 0 aromatic carbocycles. The Balaban J connectivity index is 2.90. The molecule has 0 aliphatic heterocycles. The maximum absolute atomic E-state index is 11.5. The number of nitrogens with zero attached hydrogens (tertiary/aromatic N) is 1. The Bertz CT molecular complexity index is 417. The molecule has 0 atom stereocenters. The number of pyridine rings is 1. The van der Waals surface area contributed by atoms with Crippen LogP contribution in [-0.4, -0.2) is 18.7 Å². The zero-order valence-corrected chi connectivity index (χ0v) is 10.3. The summed E-state index contributed by atoms with van der Waals surface area (Å²) in [5.41, 5.74) is 0.466. The number of aromatic nitrogens is 1. The molecule has 0 bridgehead atoms. The van der Waals surface area contributed by atoms with E-state index in [4.69, 9.17) is 0 Å². The highest BCUT2D eigenvalue weighted by atomic mass is 79.9. The maximum atomic E-state index is 11.5. The van der Waals surface area contributed by atoms with Gasteiger partial charge in [0.2, 0.25) is 10.0 Å². The fourth-order valence-electron chi connectivity index (χ4n) is 0.750. The third kappa shape index (κ3) is 2.95. The summed E-state index contributed by atoms with van der Waals surface area (Å²) in [4.78, 5) is 3.85. The molecule has 1 aromatic rings. The summed E-state index contributed by atoms with van der Waals surface area (Å²) >= 11 is 3.21. The van der Waals surface area contributed by atoms with Gasteiger partial charge in [-0.25, -0.2) is 8.42 Å². The quantitative estimate of drug-likeness (QED) is 0.920. The summed E-state index contributed by atoms with van der Waals surface area (Å²) in [6, 6.07) is 1.66. The first-order valence-corrected chi connectivity index (χ1v) is 6.38. The standard InChI is InChI=1S/C8H11BrN2O2S/c1-6(2)14(12,13)11-8-3-7(9)4-10-5-8/h3-6,11H,1-2H3. The molecule has 0 saturated carbocycles. The molecule has 0 amide bonds. The van der Waals surface area contributed by atoms with Crippen molar-refractivity contribution in [1.82, 2.24) is 4.98 Å². The summed E-state index contributed by atoms with van der Waals surface area (Å²) in [5.74, 6) is 0. The number of hydrogen-bond donors (Lipinski definition) is 1. The predicted octanol–water partition coefficient (Wildman–Crippen LogP) is 1.99. The first-order valence-electron chi connectivity index (χ1n) is 4.04. The van der Waals surface area contributed by atoms with Crippen molar-refractivity contribution in [1.29, 1.82) is 0 Å². The largest absolute Gasteiger partial charge is 0.282 e. The molecular formula is C8H11BrN2O2S. The van der Waals surface area contributed by atoms with Gasteiger partial charge in [-0.1, -0.05) is 0 Å². The number of nitrogens with one attached hydrogen (secondary N) is 1. The minimum Gasteiger partial charge on any atom is -0.282 e. The van der Waals surface area contributed by atoms with Crippen molar-refractivity contribution in [3.05, 3.63) is 22.9 Å². The minimum atomic E-state index is -3.28. The monoisotopic (exact) mass is 278 g/mol. The number of anilines is 1. The molecule has 0 aliphatic rings. The van der Waals surface area contributed by atoms with Gasteiger partial charge in [0.1, 0.15) is 0 Å². The van der Waals surface area contributed by atoms with Crippen molar-refractivity contribution in [3.8, 4) is 0 Å². The molecule has 1 rings (SSSR count). The Morgan fingerprint density at radius 1 is 1.43 bits per heavy atom. The van der Waals surface area contributed by atoms with E-state index in [-0.39, 0.29) is 0 Å². The van der Waals surface area contributed by atoms with Crippen molar-refractivity contribution in [2.24, 2.45) is 0 Å². The van der Waals surface area contributed by atoms with Gasteiger partial charge in [-0.2, -0.15) is 0 Å². The minimum absolute atomic E-state index is 0.457. The van der Waals surface area contributed by atoms with E-state index in [0.29, 0.717) is 5.69 Å². The Hall–Kier alpha value is -0.620. The van der Waals surface area contributed by atoms with Crippen molar-refractivity contribution >= 4 is 31.6 Å². The summed E-state index contributed by atoms with van der Waals surface area (Å²) in [7, 11) is -3.28. The maximum Gasteiger partial charge on any atom is 0.235 e. The molecule has 0 saturated heterocycles. The van der Waals surface area contributed by atoms with Crippen LogP contribution in [0, 0.1) is 0 Å². The third-order valence-electron chi connectivity index (χ3n) is 1.59. The molecule has 0 spiro atoms. The van der Waals surface area contributed by atoms with E-state index < -0.39 is 15.3 Å². The Labute approximate surface area is 91.9 Å². The summed E-state index contributed by atoms with van der Waals surface area (Å²) in [6.45, 7) is 3.24. The molecule has 4 nitrogen and oxygen atoms in total. The van der Waals surface area contributed by atoms with Crippen LogP contribution in [0.15, 0.2) is 22.9 Å². The summed E-state index contributed by atoms with van der Waals surface area (Å²) < 4.78 is 26.1. The SMILES string of the molecule is CC(C)S(=O)(=O)Nc1cncc(Br)c1. The van der Waals surface area contributed by atoms with Gasteiger partial charge in [-0.15, -0.1) is 0 Å². The van der Waals surface area contributed by atoms with Crippen molar-refractivity contribution in [3.63, 3.8) is 0 Å². The number of sulfonamides is 1. The Morgan fingerprint density at radius 3 is 2.57 bits per heavy atom. The highest BCUT2D eigenvalue weighted by Crippen LogP contribution is 2.15. The molecule has 78 valence electrons. The van der Waals surface area contributed by atoms with E-state index in [1.54, 1.807) is 26.1 Å². The fraction of sp³-hybridized carbons (Fsp3) is 0.375. The zero-order valence-electron chi connectivity index (χ0n) is 7.86. The van der Waals surface area contributed by atoms with Crippen LogP contribution in [0.1, 0.15) is 13.8 Å². The lowest BCUT2D eigenvalue weighted by atomic mass is 10.4. The molecule has 0 radical (unpaired) electrons. The number of halogens is 1. The lowest BCUT2D eigenvalue weighted by Crippen LogP contribution is -2.22. The zero-order chi connectivity index (χ0) is 10.8. The lowest BCUT2D eigenvalue weighted by molar-refractivity contribution is 0.593. The van der Waals surface area contributed by atoms with E-state index in [1.165, 1.54) is 6.20 Å². The molecule has 1 heterocycles. The van der Waals surface area contributed by atoms with Crippen LogP contribution in [0.4, 0.5) is 5.69 Å². The highest BCUT2D eigenvalue weighted by Gasteiger charge is 2.15. The molecular weight excluding hydrogens is 268 g/mol. The van der Waals surface area contributed by atoms with Crippen molar-refractivity contribution in [2.45, 2.75) is 19.1 Å². The summed E-state index contributed by atoms with van der Waals surface area (Å²) in [6.07, 6.45) is 3.05. The van der Waals surface area contributed by atoms with Gasteiger partial charge in [0.15, 0.2) is 0 Å². The van der Waals surface area contributed by atoms with Crippen LogP contribution < -0.4 is 4.72 Å². The second kappa shape index (κ2) is 4.27. The Morgan fingerprint density at radius 2 is 2.07 bits per heavy atom. The number of hydrogen-bond acceptors (Lipinski definition) is 3. The van der Waals surface area contributed by atoms with Crippen molar-refractivity contribution < 1.29 is 8.42 Å². The van der Waals surface area contributed by atoms with E-state index in [2.05, 4.69) is 25.6 Å².